The fourth-order valence-electron chi connectivity index (χ4n) is 4.86. The Labute approximate surface area is 302 Å². The molecule has 0 unspecified atom stereocenters. The molecule has 0 atom stereocenters. The summed E-state index contributed by atoms with van der Waals surface area (Å²) in [5.41, 5.74) is 0.533. The number of benzene rings is 2. The summed E-state index contributed by atoms with van der Waals surface area (Å²) in [5, 5.41) is 18.7. The minimum absolute atomic E-state index is 0.0101. The number of halogens is 4. The number of nitrogens with zero attached hydrogens (tertiary/aromatic N) is 5. The second-order valence-electron chi connectivity index (χ2n) is 13.3. The van der Waals surface area contributed by atoms with Crippen LogP contribution in [0.3, 0.4) is 0 Å². The number of hydrogen-bond acceptors (Lipinski definition) is 10. The first-order chi connectivity index (χ1) is 24.5. The van der Waals surface area contributed by atoms with Gasteiger partial charge < -0.3 is 31.3 Å². The van der Waals surface area contributed by atoms with Gasteiger partial charge in [0.15, 0.2) is 12.4 Å². The lowest BCUT2D eigenvalue weighted by atomic mass is 9.93. The van der Waals surface area contributed by atoms with Crippen LogP contribution >= 0.6 is 11.6 Å². The summed E-state index contributed by atoms with van der Waals surface area (Å²) in [6.07, 6.45) is -1.44. The second-order valence-corrected chi connectivity index (χ2v) is 13.8. The van der Waals surface area contributed by atoms with Crippen molar-refractivity contribution in [2.45, 2.75) is 58.3 Å². The van der Waals surface area contributed by atoms with E-state index < -0.39 is 47.5 Å². The standard InChI is InChI=1S/C34H38ClF3N10O4/c1-20(2)48-16-13-25(47-48)42-28(51)27(50)40-18-32(3,4)17-39-26(49)21-5-11-24(12-6-21)41-29-43-30(45-31(44-29)52-19-34(36,37)38)46-33(14-15-33)22-7-9-23(35)10-8-22/h5-13,16,20H,14-15,17-19H2,1-4H3,(H,39,49)(H,40,50)(H,42,47,51)(H2,41,43,44,45,46). The molecule has 0 aliphatic heterocycles. The minimum Gasteiger partial charge on any atom is -0.454 e. The van der Waals surface area contributed by atoms with Crippen LogP contribution in [0.4, 0.5) is 36.6 Å². The van der Waals surface area contributed by atoms with Gasteiger partial charge in [-0.15, -0.1) is 0 Å². The highest BCUT2D eigenvalue weighted by Gasteiger charge is 2.45. The molecule has 276 valence electrons. The highest BCUT2D eigenvalue weighted by Crippen LogP contribution is 2.48. The third kappa shape index (κ3) is 10.5. The molecule has 14 nitrogen and oxygen atoms in total. The van der Waals surface area contributed by atoms with Crippen molar-refractivity contribution in [1.29, 1.82) is 0 Å². The van der Waals surface area contributed by atoms with E-state index in [2.05, 4.69) is 46.6 Å². The van der Waals surface area contributed by atoms with Crippen molar-refractivity contribution >= 4 is 52.7 Å². The van der Waals surface area contributed by atoms with Crippen molar-refractivity contribution in [1.82, 2.24) is 35.4 Å². The monoisotopic (exact) mass is 742 g/mol. The summed E-state index contributed by atoms with van der Waals surface area (Å²) in [5.74, 6) is -1.90. The zero-order valence-electron chi connectivity index (χ0n) is 28.8. The van der Waals surface area contributed by atoms with Gasteiger partial charge in [-0.25, -0.2) is 0 Å². The molecular weight excluding hydrogens is 705 g/mol. The van der Waals surface area contributed by atoms with Gasteiger partial charge in [0.25, 0.3) is 5.91 Å². The zero-order valence-corrected chi connectivity index (χ0v) is 29.5. The van der Waals surface area contributed by atoms with Gasteiger partial charge in [-0.1, -0.05) is 37.6 Å². The molecule has 2 aromatic heterocycles. The van der Waals surface area contributed by atoms with Crippen LogP contribution in [-0.2, 0) is 15.1 Å². The van der Waals surface area contributed by atoms with Gasteiger partial charge in [0.1, 0.15) is 0 Å². The molecule has 18 heteroatoms. The third-order valence-corrected chi connectivity index (χ3v) is 8.17. The van der Waals surface area contributed by atoms with E-state index in [9.17, 15) is 27.6 Å². The highest BCUT2D eigenvalue weighted by molar-refractivity contribution is 6.39. The largest absolute Gasteiger partial charge is 0.454 e. The van der Waals surface area contributed by atoms with Gasteiger partial charge in [0.05, 0.1) is 5.54 Å². The van der Waals surface area contributed by atoms with Crippen molar-refractivity contribution in [3.05, 3.63) is 76.9 Å². The first kappa shape index (κ1) is 37.8. The Hall–Kier alpha value is -5.45. The molecule has 4 aromatic rings. The van der Waals surface area contributed by atoms with Gasteiger partial charge in [-0.3, -0.25) is 19.1 Å². The topological polar surface area (TPSA) is 177 Å². The Bertz CT molecular complexity index is 1900. The average molecular weight is 743 g/mol. The highest BCUT2D eigenvalue weighted by atomic mass is 35.5. The van der Waals surface area contributed by atoms with E-state index in [0.29, 0.717) is 16.3 Å². The maximum absolute atomic E-state index is 12.9. The van der Waals surface area contributed by atoms with E-state index >= 15 is 0 Å². The third-order valence-electron chi connectivity index (χ3n) is 7.92. The van der Waals surface area contributed by atoms with Crippen LogP contribution in [-0.4, -0.2) is 68.3 Å². The Morgan fingerprint density at radius 1 is 0.904 bits per heavy atom. The van der Waals surface area contributed by atoms with Crippen LogP contribution in [0.25, 0.3) is 0 Å². The molecule has 3 amide bonds. The van der Waals surface area contributed by atoms with Crippen LogP contribution < -0.4 is 31.3 Å². The maximum Gasteiger partial charge on any atom is 0.422 e. The molecule has 0 spiro atoms. The number of nitrogens with one attached hydrogen (secondary N) is 5. The Balaban J connectivity index is 1.16. The predicted octanol–water partition coefficient (Wildman–Crippen LogP) is 5.60. The van der Waals surface area contributed by atoms with E-state index in [-0.39, 0.29) is 36.8 Å². The number of aromatic nitrogens is 5. The van der Waals surface area contributed by atoms with E-state index in [1.165, 1.54) is 0 Å². The number of carbonyl (C=O) groups is 3. The summed E-state index contributed by atoms with van der Waals surface area (Å²) in [7, 11) is 0. The van der Waals surface area contributed by atoms with Crippen LogP contribution in [0.1, 0.15) is 62.5 Å². The molecule has 2 aromatic carbocycles. The first-order valence-corrected chi connectivity index (χ1v) is 16.7. The van der Waals surface area contributed by atoms with Crippen molar-refractivity contribution in [2.24, 2.45) is 5.41 Å². The predicted molar refractivity (Wildman–Crippen MR) is 187 cm³/mol. The van der Waals surface area contributed by atoms with Gasteiger partial charge in [-0.2, -0.15) is 33.2 Å². The molecule has 1 aliphatic carbocycles. The molecule has 1 saturated carbocycles. The van der Waals surface area contributed by atoms with E-state index in [1.807, 2.05) is 39.8 Å². The van der Waals surface area contributed by atoms with E-state index in [0.717, 1.165) is 18.4 Å². The van der Waals surface area contributed by atoms with Gasteiger partial charge in [0, 0.05) is 47.7 Å². The number of amides is 3. The van der Waals surface area contributed by atoms with Crippen LogP contribution in [0.5, 0.6) is 6.01 Å². The van der Waals surface area contributed by atoms with Gasteiger partial charge >= 0.3 is 24.0 Å². The summed E-state index contributed by atoms with van der Waals surface area (Å²) < 4.78 is 45.3. The SMILES string of the molecule is CC(C)n1ccc(NC(=O)C(=O)NCC(C)(C)CNC(=O)c2ccc(Nc3nc(NC4(c5ccc(Cl)cc5)CC4)nc(OCC(F)(F)F)n3)cc2)n1. The molecule has 1 fully saturated rings. The lowest BCUT2D eigenvalue weighted by Crippen LogP contribution is -2.45. The van der Waals surface area contributed by atoms with E-state index in [1.54, 1.807) is 53.3 Å². The lowest BCUT2D eigenvalue weighted by molar-refractivity contribution is -0.154. The average Bonchev–Trinajstić information content (AvgIpc) is 3.71. The minimum atomic E-state index is -4.61. The molecule has 0 bridgehead atoms. The fraction of sp³-hybridized carbons (Fsp3) is 0.382. The molecule has 1 aliphatic rings. The quantitative estimate of drug-likeness (QED) is 0.102. The normalized spacial score (nSPS) is 13.6. The summed E-state index contributed by atoms with van der Waals surface area (Å²) >= 11 is 6.03. The number of ether oxygens (including phenoxy) is 1. The number of anilines is 4. The number of carbonyl (C=O) groups excluding carboxylic acids is 3. The second kappa shape index (κ2) is 15.4. The number of hydrogen-bond donors (Lipinski definition) is 5. The Morgan fingerprint density at radius 3 is 2.17 bits per heavy atom. The Kier molecular flexibility index (Phi) is 11.2. The van der Waals surface area contributed by atoms with E-state index in [4.69, 9.17) is 16.3 Å². The summed E-state index contributed by atoms with van der Waals surface area (Å²) in [4.78, 5) is 50.0. The zero-order chi connectivity index (χ0) is 37.7. The van der Waals surface area contributed by atoms with Crippen LogP contribution in [0.2, 0.25) is 5.02 Å². The lowest BCUT2D eigenvalue weighted by Gasteiger charge is -2.25. The maximum atomic E-state index is 12.9. The molecule has 5 N–H and O–H groups in total. The van der Waals surface area contributed by atoms with Crippen LogP contribution in [0, 0.1) is 5.41 Å². The van der Waals surface area contributed by atoms with Crippen LogP contribution in [0.15, 0.2) is 60.8 Å². The van der Waals surface area contributed by atoms with Gasteiger partial charge in [-0.05, 0) is 74.1 Å². The van der Waals surface area contributed by atoms with Gasteiger partial charge in [0.2, 0.25) is 11.9 Å². The molecule has 0 saturated heterocycles. The first-order valence-electron chi connectivity index (χ1n) is 16.3. The summed E-state index contributed by atoms with van der Waals surface area (Å²) in [6, 6.07) is 14.6. The fourth-order valence-corrected chi connectivity index (χ4v) is 4.98. The van der Waals surface area contributed by atoms with Crippen molar-refractivity contribution in [2.75, 3.05) is 35.6 Å². The molecule has 52 heavy (non-hydrogen) atoms. The summed E-state index contributed by atoms with van der Waals surface area (Å²) in [6.45, 7) is 6.17. The molecular formula is C34H38ClF3N10O4. The number of rotatable bonds is 14. The molecule has 2 heterocycles. The van der Waals surface area contributed by atoms with Crippen molar-refractivity contribution in [3.8, 4) is 6.01 Å². The van der Waals surface area contributed by atoms with Crippen molar-refractivity contribution in [3.63, 3.8) is 0 Å². The number of alkyl halides is 3. The molecule has 5 rings (SSSR count). The smallest absolute Gasteiger partial charge is 0.422 e. The van der Waals surface area contributed by atoms with Crippen molar-refractivity contribution < 1.29 is 32.3 Å². The Morgan fingerprint density at radius 2 is 1.56 bits per heavy atom. The molecule has 0 radical (unpaired) electrons.